The van der Waals surface area contributed by atoms with Crippen molar-refractivity contribution in [2.75, 3.05) is 36.5 Å². The van der Waals surface area contributed by atoms with Crippen molar-refractivity contribution in [3.8, 4) is 5.69 Å². The number of benzene rings is 1. The Kier molecular flexibility index (Phi) is 5.20. The lowest BCUT2D eigenvalue weighted by molar-refractivity contribution is -0.641. The number of aryl methyl sites for hydroxylation is 1. The Balaban J connectivity index is 1.69. The van der Waals surface area contributed by atoms with E-state index < -0.39 is 0 Å². The molecule has 0 aliphatic carbocycles. The molecule has 27 heavy (non-hydrogen) atoms. The lowest BCUT2D eigenvalue weighted by Crippen LogP contribution is -2.37. The maximum atomic E-state index is 6.42. The normalized spacial score (nSPS) is 14.4. The molecule has 0 unspecified atom stereocenters. The zero-order valence-electron chi connectivity index (χ0n) is 14.9. The average Bonchev–Trinajstić information content (AvgIpc) is 3.05. The fourth-order valence-corrected chi connectivity index (χ4v) is 3.60. The van der Waals surface area contributed by atoms with E-state index in [2.05, 4.69) is 15.3 Å². The van der Waals surface area contributed by atoms with E-state index in [1.54, 1.807) is 6.07 Å². The van der Waals surface area contributed by atoms with Gasteiger partial charge < -0.3 is 9.64 Å². The number of ether oxygens (including phenoxy) is 1. The first-order valence-electron chi connectivity index (χ1n) is 8.74. The van der Waals surface area contributed by atoms with E-state index in [4.69, 9.17) is 32.9 Å². The van der Waals surface area contributed by atoms with Crippen molar-refractivity contribution in [1.29, 1.82) is 0 Å². The minimum atomic E-state index is 0.468. The van der Waals surface area contributed by atoms with Crippen molar-refractivity contribution in [1.82, 2.24) is 10.1 Å². The summed E-state index contributed by atoms with van der Waals surface area (Å²) in [4.78, 5) is 6.82. The summed E-state index contributed by atoms with van der Waals surface area (Å²) < 4.78 is 7.37. The number of nitrogens with one attached hydrogen (secondary N) is 2. The van der Waals surface area contributed by atoms with Crippen molar-refractivity contribution < 1.29 is 9.42 Å². The Morgan fingerprint density at radius 2 is 1.85 bits per heavy atom. The molecule has 0 radical (unpaired) electrons. The molecule has 6 nitrogen and oxygen atoms in total. The smallest absolute Gasteiger partial charge is 0.306 e. The first-order chi connectivity index (χ1) is 13.1. The number of hydrogen-bond donors (Lipinski definition) is 2. The molecule has 0 bridgehead atoms. The van der Waals surface area contributed by atoms with E-state index in [9.17, 15) is 0 Å². The number of aromatic nitrogens is 3. The standard InChI is InChI=1S/C19H19Cl2N5O/c1-13-11-17(26(24-13)14-5-3-2-4-6-14)22-18-15(20)12-16(21)19(23-18)25-7-9-27-10-8-25/h2-6,11-12H,7-10H2,1H3,(H,22,23,24)/p+1. The third-order valence-corrected chi connectivity index (χ3v) is 4.93. The molecule has 0 atom stereocenters. The second-order valence-corrected chi connectivity index (χ2v) is 7.16. The molecule has 4 rings (SSSR count). The lowest BCUT2D eigenvalue weighted by Gasteiger charge is -2.28. The largest absolute Gasteiger partial charge is 0.378 e. The van der Waals surface area contributed by atoms with E-state index in [1.807, 2.05) is 48.0 Å². The van der Waals surface area contributed by atoms with Crippen LogP contribution >= 0.6 is 23.2 Å². The van der Waals surface area contributed by atoms with Crippen molar-refractivity contribution in [2.45, 2.75) is 6.92 Å². The molecule has 140 valence electrons. The van der Waals surface area contributed by atoms with Crippen LogP contribution in [0.5, 0.6) is 0 Å². The van der Waals surface area contributed by atoms with E-state index in [0.29, 0.717) is 34.9 Å². The van der Waals surface area contributed by atoms with Crippen LogP contribution in [0.4, 0.5) is 17.5 Å². The van der Waals surface area contributed by atoms with Gasteiger partial charge in [0.15, 0.2) is 11.5 Å². The highest BCUT2D eigenvalue weighted by Gasteiger charge is 2.22. The Hall–Kier alpha value is -2.28. The number of hydrogen-bond acceptors (Lipinski definition) is 4. The second-order valence-electron chi connectivity index (χ2n) is 6.34. The summed E-state index contributed by atoms with van der Waals surface area (Å²) in [5.41, 5.74) is 2.02. The maximum absolute atomic E-state index is 6.42. The molecule has 1 saturated heterocycles. The maximum Gasteiger partial charge on any atom is 0.306 e. The minimum Gasteiger partial charge on any atom is -0.378 e. The summed E-state index contributed by atoms with van der Waals surface area (Å²) in [7, 11) is 0. The summed E-state index contributed by atoms with van der Waals surface area (Å²) in [6.07, 6.45) is 0. The van der Waals surface area contributed by atoms with Crippen LogP contribution in [-0.2, 0) is 4.74 Å². The molecule has 1 aliphatic rings. The van der Waals surface area contributed by atoms with E-state index >= 15 is 0 Å². The van der Waals surface area contributed by atoms with Gasteiger partial charge in [-0.15, -0.1) is 4.68 Å². The highest BCUT2D eigenvalue weighted by Crippen LogP contribution is 2.33. The third-order valence-electron chi connectivity index (χ3n) is 4.36. The average molecular weight is 405 g/mol. The molecule has 3 aromatic rings. The highest BCUT2D eigenvalue weighted by molar-refractivity contribution is 6.37. The molecule has 0 amide bonds. The first-order valence-corrected chi connectivity index (χ1v) is 9.50. The summed E-state index contributed by atoms with van der Waals surface area (Å²) >= 11 is 12.8. The van der Waals surface area contributed by atoms with Gasteiger partial charge in [0.25, 0.3) is 0 Å². The zero-order valence-corrected chi connectivity index (χ0v) is 16.4. The molecular formula is C19H20Cl2N5O+. The Morgan fingerprint density at radius 1 is 1.11 bits per heavy atom. The fraction of sp³-hybridized carbons (Fsp3) is 0.263. The summed E-state index contributed by atoms with van der Waals surface area (Å²) in [5.74, 6) is 2.11. The molecule has 2 aromatic heterocycles. The Bertz CT molecular complexity index is 939. The van der Waals surface area contributed by atoms with Crippen LogP contribution in [-0.4, -0.2) is 36.4 Å². The molecule has 2 N–H and O–H groups in total. The molecule has 3 heterocycles. The van der Waals surface area contributed by atoms with Crippen LogP contribution in [0.2, 0.25) is 10.0 Å². The molecule has 0 saturated carbocycles. The van der Waals surface area contributed by atoms with Gasteiger partial charge in [0.1, 0.15) is 5.02 Å². The molecule has 8 heteroatoms. The van der Waals surface area contributed by atoms with Crippen molar-refractivity contribution >= 4 is 40.7 Å². The molecular weight excluding hydrogens is 385 g/mol. The summed E-state index contributed by atoms with van der Waals surface area (Å²) in [5, 5.41) is 7.66. The van der Waals surface area contributed by atoms with Gasteiger partial charge in [-0.05, 0) is 25.1 Å². The number of rotatable bonds is 4. The van der Waals surface area contributed by atoms with Gasteiger partial charge in [0.2, 0.25) is 5.82 Å². The lowest BCUT2D eigenvalue weighted by atomic mass is 10.3. The van der Waals surface area contributed by atoms with Crippen LogP contribution in [0.25, 0.3) is 5.69 Å². The quantitative estimate of drug-likeness (QED) is 0.647. The summed E-state index contributed by atoms with van der Waals surface area (Å²) in [6, 6.07) is 13.8. The molecule has 0 spiro atoms. The van der Waals surface area contributed by atoms with Crippen LogP contribution in [0.15, 0.2) is 42.5 Å². The second kappa shape index (κ2) is 7.76. The molecule has 1 aliphatic heterocycles. The minimum absolute atomic E-state index is 0.468. The third kappa shape index (κ3) is 3.88. The van der Waals surface area contributed by atoms with E-state index in [0.717, 1.165) is 30.3 Å². The monoisotopic (exact) mass is 404 g/mol. The van der Waals surface area contributed by atoms with Crippen molar-refractivity contribution in [3.05, 3.63) is 58.2 Å². The van der Waals surface area contributed by atoms with Gasteiger partial charge in [-0.25, -0.2) is 10.4 Å². The first kappa shape index (κ1) is 18.1. The van der Waals surface area contributed by atoms with Crippen molar-refractivity contribution in [3.63, 3.8) is 0 Å². The number of nitrogens with zero attached hydrogens (tertiary/aromatic N) is 3. The number of para-hydroxylation sites is 1. The van der Waals surface area contributed by atoms with Gasteiger partial charge in [-0.2, -0.15) is 4.98 Å². The SMILES string of the molecule is Cc1cc(Nc2nc(N3CCOCC3)c(Cl)cc2Cl)[n+](-c2ccccc2)[nH]1. The predicted octanol–water partition coefficient (Wildman–Crippen LogP) is 3.88. The van der Waals surface area contributed by atoms with Crippen LogP contribution in [0, 0.1) is 6.92 Å². The molecule has 1 aromatic carbocycles. The number of aromatic amines is 1. The highest BCUT2D eigenvalue weighted by atomic mass is 35.5. The number of halogens is 2. The Labute approximate surface area is 167 Å². The van der Waals surface area contributed by atoms with E-state index in [1.165, 1.54) is 0 Å². The number of morpholine rings is 1. The van der Waals surface area contributed by atoms with Crippen LogP contribution in [0.1, 0.15) is 5.69 Å². The molecule has 1 fully saturated rings. The number of pyridine rings is 1. The number of anilines is 3. The number of H-pyrrole nitrogens is 1. The van der Waals surface area contributed by atoms with Gasteiger partial charge in [-0.3, -0.25) is 0 Å². The van der Waals surface area contributed by atoms with Crippen LogP contribution < -0.4 is 14.9 Å². The zero-order chi connectivity index (χ0) is 18.8. The van der Waals surface area contributed by atoms with Gasteiger partial charge in [-0.1, -0.05) is 41.4 Å². The van der Waals surface area contributed by atoms with Gasteiger partial charge in [0, 0.05) is 13.1 Å². The van der Waals surface area contributed by atoms with Crippen LogP contribution in [0.3, 0.4) is 0 Å². The van der Waals surface area contributed by atoms with Gasteiger partial charge in [0.05, 0.1) is 30.0 Å². The van der Waals surface area contributed by atoms with E-state index in [-0.39, 0.29) is 0 Å². The fourth-order valence-electron chi connectivity index (χ4n) is 3.07. The van der Waals surface area contributed by atoms with Gasteiger partial charge >= 0.3 is 5.82 Å². The summed E-state index contributed by atoms with van der Waals surface area (Å²) in [6.45, 7) is 4.83. The Morgan fingerprint density at radius 3 is 2.59 bits per heavy atom. The predicted molar refractivity (Wildman–Crippen MR) is 108 cm³/mol. The van der Waals surface area contributed by atoms with Crippen molar-refractivity contribution in [2.24, 2.45) is 0 Å². The topological polar surface area (TPSA) is 57.1 Å².